The molecule has 0 bridgehead atoms. The van der Waals surface area contributed by atoms with E-state index in [1.807, 2.05) is 31.2 Å². The topological polar surface area (TPSA) is 58.6 Å². The number of amides is 1. The number of nitrogens with one attached hydrogen (secondary N) is 1. The fraction of sp³-hybridized carbons (Fsp3) is 0.500. The summed E-state index contributed by atoms with van der Waals surface area (Å²) in [5, 5.41) is 11.7. The van der Waals surface area contributed by atoms with Gasteiger partial charge in [0.2, 0.25) is 0 Å². The van der Waals surface area contributed by atoms with Gasteiger partial charge in [-0.15, -0.1) is 0 Å². The normalized spacial score (nSPS) is 11.9. The molecule has 1 unspecified atom stereocenters. The van der Waals surface area contributed by atoms with Crippen LogP contribution in [0.3, 0.4) is 0 Å². The molecule has 0 aromatic heterocycles. The maximum atomic E-state index is 11.6. The van der Waals surface area contributed by atoms with Crippen LogP contribution in [0.1, 0.15) is 25.8 Å². The van der Waals surface area contributed by atoms with E-state index in [4.69, 9.17) is 9.84 Å². The molecule has 0 fully saturated rings. The van der Waals surface area contributed by atoms with Crippen LogP contribution in [0.2, 0.25) is 0 Å². The standard InChI is InChI=1S/C14H21NO3/c1-3-11-6-5-7-13(8-11)18-10-14(17)15-12(4-2)9-16/h5-8,12,16H,3-4,9-10H2,1-2H3,(H,15,17). The number of aliphatic hydroxyl groups is 1. The highest BCUT2D eigenvalue weighted by molar-refractivity contribution is 5.77. The van der Waals surface area contributed by atoms with E-state index in [1.54, 1.807) is 0 Å². The number of rotatable bonds is 7. The SMILES string of the molecule is CCc1cccc(OCC(=O)NC(CC)CO)c1. The summed E-state index contributed by atoms with van der Waals surface area (Å²) in [6.45, 7) is 3.91. The van der Waals surface area contributed by atoms with Crippen molar-refractivity contribution in [1.82, 2.24) is 5.32 Å². The van der Waals surface area contributed by atoms with Crippen LogP contribution in [0.25, 0.3) is 0 Å². The first-order chi connectivity index (χ1) is 8.69. The van der Waals surface area contributed by atoms with Gasteiger partial charge in [0.05, 0.1) is 12.6 Å². The average molecular weight is 251 g/mol. The van der Waals surface area contributed by atoms with Crippen LogP contribution in [0.15, 0.2) is 24.3 Å². The van der Waals surface area contributed by atoms with Crippen molar-refractivity contribution < 1.29 is 14.6 Å². The Kier molecular flexibility index (Phi) is 6.22. The predicted octanol–water partition coefficient (Wildman–Crippen LogP) is 1.51. The fourth-order valence-corrected chi connectivity index (χ4v) is 1.55. The van der Waals surface area contributed by atoms with Crippen molar-refractivity contribution in [3.8, 4) is 5.75 Å². The second-order valence-corrected chi connectivity index (χ2v) is 4.14. The predicted molar refractivity (Wildman–Crippen MR) is 70.6 cm³/mol. The van der Waals surface area contributed by atoms with Crippen LogP contribution >= 0.6 is 0 Å². The minimum atomic E-state index is -0.210. The number of benzene rings is 1. The third-order valence-corrected chi connectivity index (χ3v) is 2.75. The molecule has 1 atom stereocenters. The molecule has 0 saturated carbocycles. The van der Waals surface area contributed by atoms with Gasteiger partial charge >= 0.3 is 0 Å². The lowest BCUT2D eigenvalue weighted by Crippen LogP contribution is -2.39. The lowest BCUT2D eigenvalue weighted by Gasteiger charge is -2.14. The molecule has 0 aliphatic rings. The zero-order chi connectivity index (χ0) is 13.4. The molecule has 0 radical (unpaired) electrons. The first-order valence-electron chi connectivity index (χ1n) is 6.31. The van der Waals surface area contributed by atoms with Crippen LogP contribution in [-0.2, 0) is 11.2 Å². The minimum Gasteiger partial charge on any atom is -0.484 e. The number of carbonyl (C=O) groups is 1. The highest BCUT2D eigenvalue weighted by Crippen LogP contribution is 2.13. The van der Waals surface area contributed by atoms with E-state index in [-0.39, 0.29) is 25.2 Å². The van der Waals surface area contributed by atoms with E-state index in [0.29, 0.717) is 12.2 Å². The lowest BCUT2D eigenvalue weighted by molar-refractivity contribution is -0.124. The highest BCUT2D eigenvalue weighted by atomic mass is 16.5. The van der Waals surface area contributed by atoms with E-state index in [0.717, 1.165) is 6.42 Å². The van der Waals surface area contributed by atoms with Crippen LogP contribution in [0.4, 0.5) is 0 Å². The third-order valence-electron chi connectivity index (χ3n) is 2.75. The maximum Gasteiger partial charge on any atom is 0.258 e. The van der Waals surface area contributed by atoms with Crippen molar-refractivity contribution >= 4 is 5.91 Å². The fourth-order valence-electron chi connectivity index (χ4n) is 1.55. The molecule has 2 N–H and O–H groups in total. The van der Waals surface area contributed by atoms with Crippen molar-refractivity contribution in [2.24, 2.45) is 0 Å². The summed E-state index contributed by atoms with van der Waals surface area (Å²) in [6.07, 6.45) is 1.64. The smallest absolute Gasteiger partial charge is 0.258 e. The summed E-state index contributed by atoms with van der Waals surface area (Å²) in [5.74, 6) is 0.486. The third kappa shape index (κ3) is 4.75. The van der Waals surface area contributed by atoms with E-state index in [1.165, 1.54) is 5.56 Å². The van der Waals surface area contributed by atoms with Gasteiger partial charge in [0.1, 0.15) is 5.75 Å². The van der Waals surface area contributed by atoms with Gasteiger partial charge < -0.3 is 15.2 Å². The molecule has 0 spiro atoms. The van der Waals surface area contributed by atoms with E-state index >= 15 is 0 Å². The van der Waals surface area contributed by atoms with E-state index in [9.17, 15) is 4.79 Å². The van der Waals surface area contributed by atoms with Crippen LogP contribution < -0.4 is 10.1 Å². The summed E-state index contributed by atoms with van der Waals surface area (Å²) in [6, 6.07) is 7.50. The Hall–Kier alpha value is -1.55. The molecule has 4 nitrogen and oxygen atoms in total. The molecule has 100 valence electrons. The zero-order valence-electron chi connectivity index (χ0n) is 11.0. The largest absolute Gasteiger partial charge is 0.484 e. The number of aryl methyl sites for hydroxylation is 1. The van der Waals surface area contributed by atoms with Gasteiger partial charge in [0.15, 0.2) is 6.61 Å². The Labute approximate surface area is 108 Å². The van der Waals surface area contributed by atoms with Gasteiger partial charge in [-0.3, -0.25) is 4.79 Å². The molecule has 0 aliphatic heterocycles. The summed E-state index contributed by atoms with van der Waals surface area (Å²) >= 11 is 0. The molecular formula is C14H21NO3. The van der Waals surface area contributed by atoms with Crippen LogP contribution in [-0.4, -0.2) is 30.3 Å². The summed E-state index contributed by atoms with van der Waals surface area (Å²) in [7, 11) is 0. The summed E-state index contributed by atoms with van der Waals surface area (Å²) in [4.78, 5) is 11.6. The van der Waals surface area contributed by atoms with Crippen molar-refractivity contribution in [3.05, 3.63) is 29.8 Å². The monoisotopic (exact) mass is 251 g/mol. The number of aliphatic hydroxyl groups excluding tert-OH is 1. The van der Waals surface area contributed by atoms with E-state index in [2.05, 4.69) is 12.2 Å². The first kappa shape index (κ1) is 14.5. The Morgan fingerprint density at radius 2 is 2.22 bits per heavy atom. The zero-order valence-corrected chi connectivity index (χ0v) is 11.0. The quantitative estimate of drug-likeness (QED) is 0.772. The van der Waals surface area contributed by atoms with Crippen molar-refractivity contribution in [2.75, 3.05) is 13.2 Å². The van der Waals surface area contributed by atoms with Crippen molar-refractivity contribution in [2.45, 2.75) is 32.7 Å². The second-order valence-electron chi connectivity index (χ2n) is 4.14. The average Bonchev–Trinajstić information content (AvgIpc) is 2.42. The molecule has 1 amide bonds. The summed E-state index contributed by atoms with van der Waals surface area (Å²) in [5.41, 5.74) is 1.18. The number of ether oxygens (including phenoxy) is 1. The van der Waals surface area contributed by atoms with Gasteiger partial charge in [-0.05, 0) is 30.5 Å². The minimum absolute atomic E-state index is 0.0241. The Morgan fingerprint density at radius 3 is 2.83 bits per heavy atom. The Bertz CT molecular complexity index is 375. The maximum absolute atomic E-state index is 11.6. The second kappa shape index (κ2) is 7.71. The molecule has 0 heterocycles. The first-order valence-corrected chi connectivity index (χ1v) is 6.31. The Morgan fingerprint density at radius 1 is 1.44 bits per heavy atom. The molecule has 1 rings (SSSR count). The van der Waals surface area contributed by atoms with Gasteiger partial charge in [-0.25, -0.2) is 0 Å². The number of hydrogen-bond donors (Lipinski definition) is 2. The molecule has 1 aromatic rings. The number of carbonyl (C=O) groups excluding carboxylic acids is 1. The molecule has 0 aliphatic carbocycles. The van der Waals surface area contributed by atoms with Gasteiger partial charge in [-0.2, -0.15) is 0 Å². The van der Waals surface area contributed by atoms with Gasteiger partial charge in [0, 0.05) is 0 Å². The lowest BCUT2D eigenvalue weighted by atomic mass is 10.2. The molecule has 0 saturated heterocycles. The molecule has 18 heavy (non-hydrogen) atoms. The van der Waals surface area contributed by atoms with Crippen LogP contribution in [0.5, 0.6) is 5.75 Å². The van der Waals surface area contributed by atoms with E-state index < -0.39 is 0 Å². The molecule has 1 aromatic carbocycles. The van der Waals surface area contributed by atoms with Crippen molar-refractivity contribution in [3.63, 3.8) is 0 Å². The molecule has 4 heteroatoms. The van der Waals surface area contributed by atoms with Crippen LogP contribution in [0, 0.1) is 0 Å². The van der Waals surface area contributed by atoms with Gasteiger partial charge in [-0.1, -0.05) is 26.0 Å². The summed E-state index contributed by atoms with van der Waals surface area (Å²) < 4.78 is 5.41. The Balaban J connectivity index is 2.42. The molecular weight excluding hydrogens is 230 g/mol. The number of hydrogen-bond acceptors (Lipinski definition) is 3. The van der Waals surface area contributed by atoms with Gasteiger partial charge in [0.25, 0.3) is 5.91 Å². The highest BCUT2D eigenvalue weighted by Gasteiger charge is 2.09. The van der Waals surface area contributed by atoms with Crippen molar-refractivity contribution in [1.29, 1.82) is 0 Å².